The zero-order valence-corrected chi connectivity index (χ0v) is 34.9. The standard InChI is InChI=1S/C60H41NS/c1-2-16-40(17-3-1)49-29-12-19-42-20-13-32-54(59(42)49)53-26-6-8-33-56(53)61(46-24-11-22-44(39-46)50-30-15-35-58-60(50)55-27-7-9-34-57(55)62-58)45-23-10-21-43(38-45)48-28-14-31-51-47-25-5-4-18-41(47)36-37-52(48)51/h1-2,4-16,18-39H,3,17H2. The molecule has 10 aromatic carbocycles. The van der Waals surface area contributed by atoms with E-state index < -0.39 is 0 Å². The van der Waals surface area contributed by atoms with Crippen LogP contribution in [0.25, 0.3) is 91.4 Å². The predicted molar refractivity (Wildman–Crippen MR) is 269 cm³/mol. The molecule has 0 amide bonds. The van der Waals surface area contributed by atoms with Crippen LogP contribution in [0.2, 0.25) is 0 Å². The van der Waals surface area contributed by atoms with Crippen LogP contribution in [0, 0.1) is 0 Å². The summed E-state index contributed by atoms with van der Waals surface area (Å²) in [7, 11) is 0. The number of fused-ring (bicyclic) bond motifs is 7. The van der Waals surface area contributed by atoms with E-state index >= 15 is 0 Å². The van der Waals surface area contributed by atoms with E-state index in [2.05, 4.69) is 229 Å². The summed E-state index contributed by atoms with van der Waals surface area (Å²) < 4.78 is 2.62. The fraction of sp³-hybridized carbons (Fsp3) is 0.0333. The van der Waals surface area contributed by atoms with Crippen LogP contribution in [-0.4, -0.2) is 0 Å². The van der Waals surface area contributed by atoms with Crippen molar-refractivity contribution in [2.75, 3.05) is 4.90 Å². The number of hydrogen-bond acceptors (Lipinski definition) is 2. The molecular formula is C60H41NS. The van der Waals surface area contributed by atoms with E-state index in [4.69, 9.17) is 0 Å². The second-order valence-electron chi connectivity index (χ2n) is 16.3. The summed E-state index contributed by atoms with van der Waals surface area (Å²) in [6, 6.07) is 76.4. The Balaban J connectivity index is 1.09. The molecule has 0 saturated carbocycles. The molecule has 0 N–H and O–H groups in total. The lowest BCUT2D eigenvalue weighted by Crippen LogP contribution is -2.11. The number of nitrogens with zero attached hydrogens (tertiary/aromatic N) is 1. The van der Waals surface area contributed by atoms with Crippen molar-refractivity contribution in [2.45, 2.75) is 12.8 Å². The van der Waals surface area contributed by atoms with E-state index in [-0.39, 0.29) is 0 Å². The largest absolute Gasteiger partial charge is 0.310 e. The molecule has 1 aliphatic rings. The number of anilines is 3. The van der Waals surface area contributed by atoms with E-state index in [0.29, 0.717) is 0 Å². The van der Waals surface area contributed by atoms with Gasteiger partial charge in [-0.15, -0.1) is 11.3 Å². The normalized spacial score (nSPS) is 12.7. The first-order valence-electron chi connectivity index (χ1n) is 21.6. The molecule has 2 heteroatoms. The third kappa shape index (κ3) is 6.14. The molecule has 0 unspecified atom stereocenters. The van der Waals surface area contributed by atoms with E-state index in [0.717, 1.165) is 29.9 Å². The van der Waals surface area contributed by atoms with Gasteiger partial charge >= 0.3 is 0 Å². The van der Waals surface area contributed by atoms with Gasteiger partial charge in [0.25, 0.3) is 0 Å². The molecule has 0 bridgehead atoms. The molecule has 0 saturated heterocycles. The maximum absolute atomic E-state index is 2.48. The van der Waals surface area contributed by atoms with E-state index in [1.165, 1.54) is 97.0 Å². The molecule has 292 valence electrons. The Bertz CT molecular complexity index is 3600. The summed E-state index contributed by atoms with van der Waals surface area (Å²) in [6.45, 7) is 0. The summed E-state index contributed by atoms with van der Waals surface area (Å²) in [5.41, 5.74) is 13.3. The van der Waals surface area contributed by atoms with Gasteiger partial charge in [-0.1, -0.05) is 182 Å². The van der Waals surface area contributed by atoms with Gasteiger partial charge in [-0.05, 0) is 127 Å². The van der Waals surface area contributed by atoms with Gasteiger partial charge in [0.2, 0.25) is 0 Å². The minimum atomic E-state index is 1.04. The molecule has 11 aromatic rings. The number of para-hydroxylation sites is 1. The van der Waals surface area contributed by atoms with Crippen LogP contribution in [-0.2, 0) is 0 Å². The van der Waals surface area contributed by atoms with E-state index in [9.17, 15) is 0 Å². The first-order valence-corrected chi connectivity index (χ1v) is 22.4. The average Bonchev–Trinajstić information content (AvgIpc) is 3.73. The van der Waals surface area contributed by atoms with Crippen LogP contribution in [0.3, 0.4) is 0 Å². The number of allylic oxidation sites excluding steroid dienone is 4. The molecule has 1 aliphatic carbocycles. The lowest BCUT2D eigenvalue weighted by Gasteiger charge is -2.29. The number of thiophene rings is 1. The minimum Gasteiger partial charge on any atom is -0.310 e. The van der Waals surface area contributed by atoms with Crippen LogP contribution < -0.4 is 4.90 Å². The molecule has 1 aromatic heterocycles. The summed E-state index contributed by atoms with van der Waals surface area (Å²) in [5.74, 6) is 0. The summed E-state index contributed by atoms with van der Waals surface area (Å²) in [5, 5.41) is 10.2. The molecule has 1 heterocycles. The van der Waals surface area contributed by atoms with Crippen molar-refractivity contribution in [1.29, 1.82) is 0 Å². The quantitative estimate of drug-likeness (QED) is 0.145. The van der Waals surface area contributed by atoms with Crippen LogP contribution in [0.1, 0.15) is 18.4 Å². The highest BCUT2D eigenvalue weighted by Gasteiger charge is 2.22. The van der Waals surface area contributed by atoms with Gasteiger partial charge in [0, 0.05) is 37.1 Å². The van der Waals surface area contributed by atoms with Gasteiger partial charge in [-0.2, -0.15) is 0 Å². The molecule has 0 radical (unpaired) electrons. The van der Waals surface area contributed by atoms with E-state index in [1.807, 2.05) is 11.3 Å². The molecule has 62 heavy (non-hydrogen) atoms. The van der Waals surface area contributed by atoms with Crippen LogP contribution in [0.15, 0.2) is 224 Å². The third-order valence-electron chi connectivity index (χ3n) is 12.7. The molecule has 0 aliphatic heterocycles. The molecule has 0 atom stereocenters. The van der Waals surface area contributed by atoms with E-state index in [1.54, 1.807) is 0 Å². The molecular weight excluding hydrogens is 767 g/mol. The van der Waals surface area contributed by atoms with Gasteiger partial charge in [0.15, 0.2) is 0 Å². The van der Waals surface area contributed by atoms with Gasteiger partial charge in [-0.25, -0.2) is 0 Å². The second kappa shape index (κ2) is 15.2. The van der Waals surface area contributed by atoms with Crippen molar-refractivity contribution in [2.24, 2.45) is 0 Å². The Hall–Kier alpha value is -7.52. The SMILES string of the molecule is C1=CCCC(c2cccc3cccc(-c4ccccc4N(c4cccc(-c5cccc6c5ccc5ccccc56)c4)c4cccc(-c5cccc6sc7ccccc7c56)c4)c23)=C1. The van der Waals surface area contributed by atoms with Gasteiger partial charge in [-0.3, -0.25) is 0 Å². The predicted octanol–water partition coefficient (Wildman–Crippen LogP) is 17.7. The first kappa shape index (κ1) is 36.3. The van der Waals surface area contributed by atoms with Crippen LogP contribution in [0.4, 0.5) is 17.1 Å². The van der Waals surface area contributed by atoms with Crippen molar-refractivity contribution < 1.29 is 0 Å². The Morgan fingerprint density at radius 1 is 0.387 bits per heavy atom. The highest BCUT2D eigenvalue weighted by Crippen LogP contribution is 2.47. The highest BCUT2D eigenvalue weighted by atomic mass is 32.1. The molecule has 12 rings (SSSR count). The number of hydrogen-bond donors (Lipinski definition) is 0. The molecule has 1 nitrogen and oxygen atoms in total. The minimum absolute atomic E-state index is 1.04. The molecule has 0 spiro atoms. The van der Waals surface area contributed by atoms with Crippen LogP contribution >= 0.6 is 11.3 Å². The average molecular weight is 808 g/mol. The van der Waals surface area contributed by atoms with Gasteiger partial charge in [0.1, 0.15) is 0 Å². The van der Waals surface area contributed by atoms with Gasteiger partial charge in [0.05, 0.1) is 5.69 Å². The maximum atomic E-state index is 2.48. The fourth-order valence-corrected chi connectivity index (χ4v) is 11.0. The van der Waals surface area contributed by atoms with Crippen LogP contribution in [0.5, 0.6) is 0 Å². The number of rotatable bonds is 7. The Kier molecular flexibility index (Phi) is 8.90. The highest BCUT2D eigenvalue weighted by molar-refractivity contribution is 7.25. The zero-order chi connectivity index (χ0) is 41.0. The lowest BCUT2D eigenvalue weighted by molar-refractivity contribution is 1.06. The monoisotopic (exact) mass is 807 g/mol. The number of benzene rings is 10. The van der Waals surface area contributed by atoms with Gasteiger partial charge < -0.3 is 4.90 Å². The first-order chi connectivity index (χ1) is 30.8. The van der Waals surface area contributed by atoms with Crippen molar-refractivity contribution in [1.82, 2.24) is 0 Å². The second-order valence-corrected chi connectivity index (χ2v) is 17.4. The third-order valence-corrected chi connectivity index (χ3v) is 13.9. The lowest BCUT2D eigenvalue weighted by atomic mass is 9.88. The van der Waals surface area contributed by atoms with Crippen molar-refractivity contribution in [3.63, 3.8) is 0 Å². The zero-order valence-electron chi connectivity index (χ0n) is 34.1. The summed E-state index contributed by atoms with van der Waals surface area (Å²) >= 11 is 1.87. The summed E-state index contributed by atoms with van der Waals surface area (Å²) in [4.78, 5) is 2.48. The van der Waals surface area contributed by atoms with Crippen molar-refractivity contribution in [3.8, 4) is 33.4 Å². The Morgan fingerprint density at radius 3 is 1.84 bits per heavy atom. The topological polar surface area (TPSA) is 3.24 Å². The summed E-state index contributed by atoms with van der Waals surface area (Å²) in [6.07, 6.45) is 8.88. The van der Waals surface area contributed by atoms with Crippen molar-refractivity contribution in [3.05, 3.63) is 230 Å². The Labute approximate surface area is 365 Å². The Morgan fingerprint density at radius 2 is 1.00 bits per heavy atom. The molecule has 0 fully saturated rings. The smallest absolute Gasteiger partial charge is 0.0540 e. The maximum Gasteiger partial charge on any atom is 0.0540 e. The van der Waals surface area contributed by atoms with Crippen molar-refractivity contribution >= 4 is 86.5 Å². The fourth-order valence-electron chi connectivity index (χ4n) is 9.92.